The molecule has 1 aromatic carbocycles. The topological polar surface area (TPSA) is 78.3 Å². The predicted molar refractivity (Wildman–Crippen MR) is 92.8 cm³/mol. The van der Waals surface area contributed by atoms with Crippen LogP contribution in [0.25, 0.3) is 10.9 Å². The highest BCUT2D eigenvalue weighted by atomic mass is 127. The summed E-state index contributed by atoms with van der Waals surface area (Å²) in [5.74, 6) is -0.637. The van der Waals surface area contributed by atoms with Gasteiger partial charge in [-0.25, -0.2) is 17.2 Å². The Labute approximate surface area is 146 Å². The van der Waals surface area contributed by atoms with Crippen LogP contribution in [0.4, 0.5) is 0 Å². The van der Waals surface area contributed by atoms with Crippen molar-refractivity contribution >= 4 is 49.5 Å². The van der Waals surface area contributed by atoms with E-state index in [2.05, 4.69) is 4.98 Å². The van der Waals surface area contributed by atoms with Crippen LogP contribution in [-0.2, 0) is 14.8 Å². The van der Waals surface area contributed by atoms with Gasteiger partial charge in [0.1, 0.15) is 5.56 Å². The van der Waals surface area contributed by atoms with E-state index in [0.717, 1.165) is 3.97 Å². The summed E-state index contributed by atoms with van der Waals surface area (Å²) in [6.45, 7) is 0. The first-order valence-electron chi connectivity index (χ1n) is 6.50. The number of aromatic nitrogens is 2. The molecule has 6 nitrogen and oxygen atoms in total. The molecule has 0 radical (unpaired) electrons. The lowest BCUT2D eigenvalue weighted by molar-refractivity contribution is 0.0602. The summed E-state index contributed by atoms with van der Waals surface area (Å²) in [6, 6.07) is 9.71. The van der Waals surface area contributed by atoms with Crippen LogP contribution < -0.4 is 0 Å². The lowest BCUT2D eigenvalue weighted by Crippen LogP contribution is -2.16. The average molecular weight is 442 g/mol. The van der Waals surface area contributed by atoms with E-state index >= 15 is 0 Å². The number of methoxy groups -OCH3 is 1. The van der Waals surface area contributed by atoms with Gasteiger partial charge < -0.3 is 4.74 Å². The second-order valence-electron chi connectivity index (χ2n) is 4.67. The molecule has 2 heterocycles. The van der Waals surface area contributed by atoms with E-state index in [0.29, 0.717) is 9.09 Å². The van der Waals surface area contributed by atoms with Crippen molar-refractivity contribution in [2.75, 3.05) is 7.11 Å². The lowest BCUT2D eigenvalue weighted by atomic mass is 10.2. The monoisotopic (exact) mass is 442 g/mol. The van der Waals surface area contributed by atoms with Crippen molar-refractivity contribution in [2.24, 2.45) is 0 Å². The highest BCUT2D eigenvalue weighted by Crippen LogP contribution is 2.28. The van der Waals surface area contributed by atoms with Crippen molar-refractivity contribution in [3.8, 4) is 0 Å². The van der Waals surface area contributed by atoms with Crippen LogP contribution in [0.2, 0.25) is 0 Å². The summed E-state index contributed by atoms with van der Waals surface area (Å²) in [6.07, 6.45) is 2.82. The minimum absolute atomic E-state index is 0.104. The molecule has 0 saturated carbocycles. The molecule has 0 unspecified atom stereocenters. The van der Waals surface area contributed by atoms with Crippen LogP contribution in [0.15, 0.2) is 53.7 Å². The third-order valence-electron chi connectivity index (χ3n) is 3.30. The summed E-state index contributed by atoms with van der Waals surface area (Å²) in [4.78, 5) is 16.1. The van der Waals surface area contributed by atoms with Crippen molar-refractivity contribution in [1.82, 2.24) is 8.96 Å². The number of hydrogen-bond acceptors (Lipinski definition) is 5. The lowest BCUT2D eigenvalue weighted by Gasteiger charge is -2.11. The Balaban J connectivity index is 2.38. The van der Waals surface area contributed by atoms with Crippen molar-refractivity contribution in [3.63, 3.8) is 0 Å². The number of benzene rings is 1. The molecular formula is C15H11IN2O4S. The van der Waals surface area contributed by atoms with Crippen molar-refractivity contribution in [2.45, 2.75) is 4.90 Å². The van der Waals surface area contributed by atoms with E-state index in [1.807, 2.05) is 22.6 Å². The fraction of sp³-hybridized carbons (Fsp3) is 0.0667. The second kappa shape index (κ2) is 5.93. The molecule has 23 heavy (non-hydrogen) atoms. The number of carbonyl (C=O) groups is 1. The molecule has 2 aromatic heterocycles. The minimum Gasteiger partial charge on any atom is -0.465 e. The maximum Gasteiger partial charge on any atom is 0.341 e. The highest BCUT2D eigenvalue weighted by Gasteiger charge is 2.25. The summed E-state index contributed by atoms with van der Waals surface area (Å²) in [7, 11) is -2.60. The summed E-state index contributed by atoms with van der Waals surface area (Å²) >= 11 is 1.92. The largest absolute Gasteiger partial charge is 0.465 e. The average Bonchev–Trinajstić information content (AvgIpc) is 2.91. The summed E-state index contributed by atoms with van der Waals surface area (Å²) in [5, 5.41) is 0.553. The molecule has 0 aliphatic rings. The van der Waals surface area contributed by atoms with Crippen molar-refractivity contribution in [3.05, 3.63) is 58.1 Å². The van der Waals surface area contributed by atoms with Gasteiger partial charge in [0.2, 0.25) is 0 Å². The van der Waals surface area contributed by atoms with Crippen LogP contribution >= 0.6 is 22.6 Å². The van der Waals surface area contributed by atoms with Crippen molar-refractivity contribution in [1.29, 1.82) is 0 Å². The third-order valence-corrected chi connectivity index (χ3v) is 6.15. The molecule has 0 spiro atoms. The molecule has 8 heteroatoms. The fourth-order valence-corrected chi connectivity index (χ4v) is 5.08. The van der Waals surface area contributed by atoms with Gasteiger partial charge in [-0.3, -0.25) is 4.98 Å². The number of pyridine rings is 1. The number of carbonyl (C=O) groups excluding carboxylic acids is 1. The second-order valence-corrected chi connectivity index (χ2v) is 7.56. The molecule has 3 rings (SSSR count). The normalized spacial score (nSPS) is 11.6. The van der Waals surface area contributed by atoms with E-state index in [9.17, 15) is 13.2 Å². The Morgan fingerprint density at radius 2 is 1.91 bits per heavy atom. The quantitative estimate of drug-likeness (QED) is 0.461. The smallest absolute Gasteiger partial charge is 0.341 e. The maximum atomic E-state index is 13.0. The number of halogens is 1. The molecule has 0 atom stereocenters. The van der Waals surface area contributed by atoms with Gasteiger partial charge in [0.05, 0.1) is 21.2 Å². The number of esters is 1. The SMILES string of the molecule is COC(=O)c1cncc2cc(I)n(S(=O)(=O)c3ccccc3)c12. The standard InChI is InChI=1S/C15H11IN2O4S/c1-22-15(19)12-9-17-8-10-7-13(16)18(14(10)12)23(20,21)11-5-3-2-4-6-11/h2-9H,1H3. The van der Waals surface area contributed by atoms with Gasteiger partial charge >= 0.3 is 5.97 Å². The van der Waals surface area contributed by atoms with Crippen LogP contribution in [0.1, 0.15) is 10.4 Å². The molecule has 118 valence electrons. The Morgan fingerprint density at radius 1 is 1.22 bits per heavy atom. The maximum absolute atomic E-state index is 13.0. The first-order valence-corrected chi connectivity index (χ1v) is 9.02. The van der Waals surface area contributed by atoms with Crippen LogP contribution in [0.5, 0.6) is 0 Å². The molecular weight excluding hydrogens is 431 g/mol. The van der Waals surface area contributed by atoms with Crippen LogP contribution in [-0.4, -0.2) is 30.5 Å². The van der Waals surface area contributed by atoms with E-state index in [-0.39, 0.29) is 16.0 Å². The van der Waals surface area contributed by atoms with E-state index < -0.39 is 16.0 Å². The molecule has 0 aliphatic heterocycles. The zero-order valence-corrected chi connectivity index (χ0v) is 14.9. The summed E-state index contributed by atoms with van der Waals surface area (Å²) in [5.41, 5.74) is 0.368. The first kappa shape index (κ1) is 15.9. The molecule has 0 aliphatic carbocycles. The Hall–Kier alpha value is -1.94. The molecule has 0 fully saturated rings. The van der Waals surface area contributed by atoms with Gasteiger partial charge in [0.15, 0.2) is 0 Å². The number of rotatable bonds is 3. The summed E-state index contributed by atoms with van der Waals surface area (Å²) < 4.78 is 32.3. The zero-order valence-electron chi connectivity index (χ0n) is 11.9. The molecule has 0 N–H and O–H groups in total. The van der Waals surface area contributed by atoms with Gasteiger partial charge in [-0.15, -0.1) is 0 Å². The third kappa shape index (κ3) is 2.61. The van der Waals surface area contributed by atoms with Gasteiger partial charge in [-0.1, -0.05) is 18.2 Å². The van der Waals surface area contributed by atoms with Gasteiger partial charge in [0.25, 0.3) is 10.0 Å². The van der Waals surface area contributed by atoms with E-state index in [1.165, 1.54) is 31.6 Å². The Morgan fingerprint density at radius 3 is 2.57 bits per heavy atom. The number of fused-ring (bicyclic) bond motifs is 1. The first-order chi connectivity index (χ1) is 11.0. The van der Waals surface area contributed by atoms with Crippen LogP contribution in [0, 0.1) is 3.70 Å². The number of nitrogens with zero attached hydrogens (tertiary/aromatic N) is 2. The molecule has 0 bridgehead atoms. The minimum atomic E-state index is -3.84. The highest BCUT2D eigenvalue weighted by molar-refractivity contribution is 14.1. The van der Waals surface area contributed by atoms with Crippen LogP contribution in [0.3, 0.4) is 0 Å². The molecule has 0 saturated heterocycles. The van der Waals surface area contributed by atoms with E-state index in [4.69, 9.17) is 4.74 Å². The number of ether oxygens (including phenoxy) is 1. The molecule has 3 aromatic rings. The van der Waals surface area contributed by atoms with Gasteiger partial charge in [-0.05, 0) is 40.8 Å². The van der Waals surface area contributed by atoms with Gasteiger partial charge in [-0.2, -0.15) is 0 Å². The number of hydrogen-bond donors (Lipinski definition) is 0. The van der Waals surface area contributed by atoms with Crippen molar-refractivity contribution < 1.29 is 17.9 Å². The fourth-order valence-electron chi connectivity index (χ4n) is 2.29. The zero-order chi connectivity index (χ0) is 16.6. The predicted octanol–water partition coefficient (Wildman–Crippen LogP) is 2.66. The molecule has 0 amide bonds. The van der Waals surface area contributed by atoms with Gasteiger partial charge in [0, 0.05) is 17.8 Å². The van der Waals surface area contributed by atoms with E-state index in [1.54, 1.807) is 24.3 Å². The Kier molecular flexibility index (Phi) is 4.11. The Bertz CT molecular complexity index is 997.